The van der Waals surface area contributed by atoms with Gasteiger partial charge in [0.1, 0.15) is 12.4 Å². The molecule has 6 heteroatoms. The van der Waals surface area contributed by atoms with Gasteiger partial charge < -0.3 is 19.9 Å². The van der Waals surface area contributed by atoms with E-state index in [0.29, 0.717) is 31.1 Å². The van der Waals surface area contributed by atoms with Crippen molar-refractivity contribution in [2.24, 2.45) is 0 Å². The van der Waals surface area contributed by atoms with Gasteiger partial charge in [-0.3, -0.25) is 0 Å². The molecule has 2 N–H and O–H groups in total. The van der Waals surface area contributed by atoms with E-state index in [4.69, 9.17) is 14.6 Å². The zero-order chi connectivity index (χ0) is 17.4. The van der Waals surface area contributed by atoms with Gasteiger partial charge >= 0.3 is 0 Å². The van der Waals surface area contributed by atoms with Crippen molar-refractivity contribution in [3.8, 4) is 11.5 Å². The third kappa shape index (κ3) is 5.47. The minimum atomic E-state index is -0.267. The van der Waals surface area contributed by atoms with E-state index in [0.717, 1.165) is 22.1 Å². The van der Waals surface area contributed by atoms with Gasteiger partial charge in [0.15, 0.2) is 11.5 Å². The van der Waals surface area contributed by atoms with Crippen molar-refractivity contribution in [2.45, 2.75) is 19.6 Å². The highest BCUT2D eigenvalue weighted by Gasteiger charge is 2.10. The Hall–Kier alpha value is -1.63. The average Bonchev–Trinajstić information content (AvgIpc) is 2.59. The standard InChI is InChI=1S/C18H21BrFNO3/c1-23-17-9-14(11-21-7-2-8-22)16(19)10-18(17)24-12-13-3-5-15(20)6-4-13/h3-6,9-10,21-22H,2,7-8,11-12H2,1H3. The van der Waals surface area contributed by atoms with Crippen molar-refractivity contribution in [1.82, 2.24) is 5.32 Å². The van der Waals surface area contributed by atoms with Crippen molar-refractivity contribution in [3.05, 3.63) is 57.8 Å². The quantitative estimate of drug-likeness (QED) is 0.634. The molecule has 24 heavy (non-hydrogen) atoms. The van der Waals surface area contributed by atoms with Crippen LogP contribution in [-0.4, -0.2) is 25.4 Å². The van der Waals surface area contributed by atoms with Crippen LogP contribution >= 0.6 is 15.9 Å². The van der Waals surface area contributed by atoms with E-state index in [-0.39, 0.29) is 12.4 Å². The molecule has 0 amide bonds. The Morgan fingerprint density at radius 3 is 2.58 bits per heavy atom. The average molecular weight is 398 g/mol. The Balaban J connectivity index is 2.03. The van der Waals surface area contributed by atoms with Crippen molar-refractivity contribution < 1.29 is 19.0 Å². The zero-order valence-corrected chi connectivity index (χ0v) is 15.1. The summed E-state index contributed by atoms with van der Waals surface area (Å²) in [7, 11) is 1.59. The molecule has 2 rings (SSSR count). The number of ether oxygens (including phenoxy) is 2. The summed E-state index contributed by atoms with van der Waals surface area (Å²) in [4.78, 5) is 0. The van der Waals surface area contributed by atoms with Crippen LogP contribution in [0, 0.1) is 5.82 Å². The van der Waals surface area contributed by atoms with Gasteiger partial charge in [-0.25, -0.2) is 4.39 Å². The van der Waals surface area contributed by atoms with E-state index in [2.05, 4.69) is 21.2 Å². The molecule has 0 aliphatic carbocycles. The van der Waals surface area contributed by atoms with Crippen LogP contribution in [0.2, 0.25) is 0 Å². The van der Waals surface area contributed by atoms with Gasteiger partial charge in [-0.1, -0.05) is 28.1 Å². The number of methoxy groups -OCH3 is 1. The van der Waals surface area contributed by atoms with Gasteiger partial charge in [0.05, 0.1) is 7.11 Å². The molecule has 4 nitrogen and oxygen atoms in total. The van der Waals surface area contributed by atoms with E-state index in [1.807, 2.05) is 12.1 Å². The first-order chi connectivity index (χ1) is 11.6. The fourth-order valence-corrected chi connectivity index (χ4v) is 2.62. The normalized spacial score (nSPS) is 10.7. The summed E-state index contributed by atoms with van der Waals surface area (Å²) in [5.74, 6) is 0.990. The van der Waals surface area contributed by atoms with Gasteiger partial charge in [-0.15, -0.1) is 0 Å². The molecule has 0 heterocycles. The number of hydrogen-bond donors (Lipinski definition) is 2. The minimum absolute atomic E-state index is 0.174. The summed E-state index contributed by atoms with van der Waals surface area (Å²) < 4.78 is 25.0. The molecular formula is C18H21BrFNO3. The zero-order valence-electron chi connectivity index (χ0n) is 13.5. The second-order valence-corrected chi connectivity index (χ2v) is 6.12. The minimum Gasteiger partial charge on any atom is -0.493 e. The molecule has 0 radical (unpaired) electrons. The van der Waals surface area contributed by atoms with Crippen LogP contribution in [-0.2, 0) is 13.2 Å². The maximum Gasteiger partial charge on any atom is 0.162 e. The number of hydrogen-bond acceptors (Lipinski definition) is 4. The third-order valence-electron chi connectivity index (χ3n) is 3.47. The Bertz CT molecular complexity index is 649. The molecule has 2 aromatic rings. The van der Waals surface area contributed by atoms with Gasteiger partial charge in [-0.05, 0) is 48.4 Å². The highest BCUT2D eigenvalue weighted by molar-refractivity contribution is 9.10. The lowest BCUT2D eigenvalue weighted by molar-refractivity contribution is 0.283. The lowest BCUT2D eigenvalue weighted by Crippen LogP contribution is -2.16. The van der Waals surface area contributed by atoms with Gasteiger partial charge in [0.2, 0.25) is 0 Å². The Morgan fingerprint density at radius 1 is 1.17 bits per heavy atom. The number of rotatable bonds is 9. The Labute approximate surface area is 149 Å². The lowest BCUT2D eigenvalue weighted by atomic mass is 10.2. The van der Waals surface area contributed by atoms with E-state index in [1.165, 1.54) is 12.1 Å². The van der Waals surface area contributed by atoms with E-state index < -0.39 is 0 Å². The van der Waals surface area contributed by atoms with Crippen LogP contribution in [0.5, 0.6) is 11.5 Å². The molecule has 0 atom stereocenters. The first-order valence-electron chi connectivity index (χ1n) is 7.69. The van der Waals surface area contributed by atoms with Crippen LogP contribution < -0.4 is 14.8 Å². The van der Waals surface area contributed by atoms with Crippen molar-refractivity contribution >= 4 is 15.9 Å². The van der Waals surface area contributed by atoms with E-state index >= 15 is 0 Å². The first-order valence-corrected chi connectivity index (χ1v) is 8.48. The second kappa shape index (κ2) is 9.61. The fraction of sp³-hybridized carbons (Fsp3) is 0.333. The van der Waals surface area contributed by atoms with Crippen LogP contribution in [0.3, 0.4) is 0 Å². The molecule has 0 saturated heterocycles. The fourth-order valence-electron chi connectivity index (χ4n) is 2.15. The summed E-state index contributed by atoms with van der Waals surface area (Å²) in [6, 6.07) is 9.98. The Kier molecular flexibility index (Phi) is 7.49. The van der Waals surface area contributed by atoms with Gasteiger partial charge in [0, 0.05) is 17.6 Å². The number of aliphatic hydroxyl groups excluding tert-OH is 1. The molecule has 0 spiro atoms. The molecule has 0 aliphatic heterocycles. The molecule has 0 bridgehead atoms. The van der Waals surface area contributed by atoms with Gasteiger partial charge in [0.25, 0.3) is 0 Å². The topological polar surface area (TPSA) is 50.7 Å². The molecule has 0 aliphatic rings. The first kappa shape index (κ1) is 18.7. The van der Waals surface area contributed by atoms with E-state index in [1.54, 1.807) is 19.2 Å². The van der Waals surface area contributed by atoms with Gasteiger partial charge in [-0.2, -0.15) is 0 Å². The van der Waals surface area contributed by atoms with E-state index in [9.17, 15) is 4.39 Å². The third-order valence-corrected chi connectivity index (χ3v) is 4.21. The SMILES string of the molecule is COc1cc(CNCCCO)c(Br)cc1OCc1ccc(F)cc1. The predicted octanol–water partition coefficient (Wildman–Crippen LogP) is 3.65. The largest absolute Gasteiger partial charge is 0.493 e. The summed E-state index contributed by atoms with van der Waals surface area (Å²) in [6.07, 6.45) is 0.716. The maximum atomic E-state index is 12.9. The molecule has 0 fully saturated rings. The predicted molar refractivity (Wildman–Crippen MR) is 94.8 cm³/mol. The lowest BCUT2D eigenvalue weighted by Gasteiger charge is -2.14. The molecule has 0 unspecified atom stereocenters. The van der Waals surface area contributed by atoms with Crippen molar-refractivity contribution in [3.63, 3.8) is 0 Å². The molecule has 0 saturated carbocycles. The summed E-state index contributed by atoms with van der Waals surface area (Å²) in [5, 5.41) is 12.1. The summed E-state index contributed by atoms with van der Waals surface area (Å²) in [6.45, 7) is 1.91. The molecule has 130 valence electrons. The summed E-state index contributed by atoms with van der Waals surface area (Å²) >= 11 is 3.54. The second-order valence-electron chi connectivity index (χ2n) is 5.26. The van der Waals surface area contributed by atoms with Crippen molar-refractivity contribution in [1.29, 1.82) is 0 Å². The maximum absolute atomic E-state index is 12.9. The number of nitrogens with one attached hydrogen (secondary N) is 1. The highest BCUT2D eigenvalue weighted by Crippen LogP contribution is 2.34. The summed E-state index contributed by atoms with van der Waals surface area (Å²) in [5.41, 5.74) is 1.92. The number of aliphatic hydroxyl groups is 1. The van der Waals surface area contributed by atoms with Crippen LogP contribution in [0.25, 0.3) is 0 Å². The van der Waals surface area contributed by atoms with Crippen LogP contribution in [0.15, 0.2) is 40.9 Å². The van der Waals surface area contributed by atoms with Crippen LogP contribution in [0.4, 0.5) is 4.39 Å². The number of halogens is 2. The smallest absolute Gasteiger partial charge is 0.162 e. The Morgan fingerprint density at radius 2 is 1.92 bits per heavy atom. The molecular weight excluding hydrogens is 377 g/mol. The number of benzene rings is 2. The van der Waals surface area contributed by atoms with Crippen molar-refractivity contribution in [2.75, 3.05) is 20.3 Å². The highest BCUT2D eigenvalue weighted by atomic mass is 79.9. The molecule has 0 aromatic heterocycles. The monoisotopic (exact) mass is 397 g/mol. The van der Waals surface area contributed by atoms with Crippen LogP contribution in [0.1, 0.15) is 17.5 Å². The molecule has 2 aromatic carbocycles.